The maximum atomic E-state index is 9.32. The molecule has 0 aromatic carbocycles. The highest BCUT2D eigenvalue weighted by Gasteiger charge is 1.66. The molecule has 0 fully saturated rings. The van der Waals surface area contributed by atoms with Gasteiger partial charge in [0.05, 0.1) is 0 Å². The fraction of sp³-hybridized carbons (Fsp3) is 0.833. The maximum absolute atomic E-state index is 9.32. The van der Waals surface area contributed by atoms with Crippen molar-refractivity contribution in [3.63, 3.8) is 0 Å². The normalized spacial score (nSPS) is 7.44. The average molecular weight is 133 g/mol. The second-order valence-corrected chi connectivity index (χ2v) is 1.32. The molecule has 3 heteroatoms. The van der Waals surface area contributed by atoms with Gasteiger partial charge in [-0.15, -0.1) is 0 Å². The number of methoxy groups -OCH3 is 1. The van der Waals surface area contributed by atoms with E-state index in [9.17, 15) is 4.79 Å². The van der Waals surface area contributed by atoms with Crippen molar-refractivity contribution in [3.8, 4) is 0 Å². The summed E-state index contributed by atoms with van der Waals surface area (Å²) >= 11 is 0. The average Bonchev–Trinajstić information content (AvgIpc) is 1.91. The lowest BCUT2D eigenvalue weighted by Crippen LogP contribution is -1.97. The first-order valence-electron chi connectivity index (χ1n) is 2.96. The molecule has 0 aliphatic rings. The Morgan fingerprint density at radius 3 is 2.11 bits per heavy atom. The first kappa shape index (κ1) is 11.4. The zero-order chi connectivity index (χ0) is 7.54. The molecule has 0 saturated heterocycles. The van der Waals surface area contributed by atoms with Crippen LogP contribution < -0.4 is 5.73 Å². The number of hydrogen-bond acceptors (Lipinski definition) is 3. The van der Waals surface area contributed by atoms with Crippen LogP contribution in [0.15, 0.2) is 0 Å². The smallest absolute Gasteiger partial charge is 0.121 e. The van der Waals surface area contributed by atoms with Crippen LogP contribution in [0.25, 0.3) is 0 Å². The summed E-state index contributed by atoms with van der Waals surface area (Å²) in [7, 11) is 1.68. The van der Waals surface area contributed by atoms with Crippen LogP contribution in [-0.2, 0) is 9.53 Å². The lowest BCUT2D eigenvalue weighted by atomic mass is 10.5. The van der Waals surface area contributed by atoms with Crippen molar-refractivity contribution in [1.82, 2.24) is 0 Å². The third-order valence-electron chi connectivity index (χ3n) is 0.573. The van der Waals surface area contributed by atoms with Crippen molar-refractivity contribution in [3.05, 3.63) is 0 Å². The number of ether oxygens (including phenoxy) is 1. The van der Waals surface area contributed by atoms with E-state index in [0.29, 0.717) is 13.0 Å². The van der Waals surface area contributed by atoms with E-state index >= 15 is 0 Å². The fourth-order valence-electron chi connectivity index (χ4n) is 0.0680. The molecule has 56 valence electrons. The van der Waals surface area contributed by atoms with Gasteiger partial charge in [0.15, 0.2) is 0 Å². The Kier molecular flexibility index (Phi) is 19.8. The highest BCUT2D eigenvalue weighted by atomic mass is 16.5. The predicted molar refractivity (Wildman–Crippen MR) is 37.3 cm³/mol. The number of hydrogen-bond donors (Lipinski definition) is 1. The summed E-state index contributed by atoms with van der Waals surface area (Å²) in [6.45, 7) is 3.25. The summed E-state index contributed by atoms with van der Waals surface area (Å²) in [5.41, 5.74) is 4.91. The molecule has 0 radical (unpaired) electrons. The number of nitrogens with two attached hydrogens (primary N) is 1. The summed E-state index contributed by atoms with van der Waals surface area (Å²) in [6, 6.07) is 0. The fourth-order valence-corrected chi connectivity index (χ4v) is 0.0680. The molecule has 0 atom stereocenters. The van der Waals surface area contributed by atoms with Gasteiger partial charge in [-0.1, -0.05) is 0 Å². The van der Waals surface area contributed by atoms with Crippen LogP contribution >= 0.6 is 0 Å². The molecule has 0 aliphatic carbocycles. The van der Waals surface area contributed by atoms with Gasteiger partial charge in [-0.2, -0.15) is 0 Å². The van der Waals surface area contributed by atoms with Gasteiger partial charge in [-0.25, -0.2) is 0 Å². The molecule has 0 aliphatic heterocycles. The Morgan fingerprint density at radius 2 is 2.11 bits per heavy atom. The van der Waals surface area contributed by atoms with E-state index < -0.39 is 0 Å². The molecule has 0 saturated carbocycles. The van der Waals surface area contributed by atoms with Gasteiger partial charge in [0.25, 0.3) is 0 Å². The minimum Gasteiger partial charge on any atom is -0.385 e. The zero-order valence-corrected chi connectivity index (χ0v) is 6.09. The second kappa shape index (κ2) is 15.6. The summed E-state index contributed by atoms with van der Waals surface area (Å²) in [5, 5.41) is 0. The van der Waals surface area contributed by atoms with Gasteiger partial charge in [-0.3, -0.25) is 0 Å². The summed E-state index contributed by atoms with van der Waals surface area (Å²) < 4.78 is 4.54. The molecular weight excluding hydrogens is 118 g/mol. The third-order valence-corrected chi connectivity index (χ3v) is 0.573. The van der Waals surface area contributed by atoms with E-state index in [-0.39, 0.29) is 0 Å². The van der Waals surface area contributed by atoms with Gasteiger partial charge in [0, 0.05) is 20.1 Å². The predicted octanol–water partition coefficient (Wildman–Crippen LogP) is 0.187. The van der Waals surface area contributed by atoms with E-state index in [0.717, 1.165) is 12.9 Å². The molecular formula is C6H15NO2. The van der Waals surface area contributed by atoms with E-state index in [2.05, 4.69) is 4.74 Å². The van der Waals surface area contributed by atoms with Gasteiger partial charge >= 0.3 is 0 Å². The molecule has 0 aromatic rings. The monoisotopic (exact) mass is 133 g/mol. The largest absolute Gasteiger partial charge is 0.385 e. The van der Waals surface area contributed by atoms with E-state index in [4.69, 9.17) is 5.73 Å². The van der Waals surface area contributed by atoms with Crippen molar-refractivity contribution in [1.29, 1.82) is 0 Å². The molecule has 0 aromatic heterocycles. The third kappa shape index (κ3) is 35.4. The van der Waals surface area contributed by atoms with Crippen LogP contribution in [-0.4, -0.2) is 26.5 Å². The molecule has 0 bridgehead atoms. The van der Waals surface area contributed by atoms with Gasteiger partial charge < -0.3 is 15.3 Å². The first-order valence-corrected chi connectivity index (χ1v) is 2.96. The van der Waals surface area contributed by atoms with Crippen LogP contribution in [0.3, 0.4) is 0 Å². The lowest BCUT2D eigenvalue weighted by molar-refractivity contribution is -0.107. The highest BCUT2D eigenvalue weighted by Crippen LogP contribution is 1.54. The van der Waals surface area contributed by atoms with Crippen molar-refractivity contribution in [2.45, 2.75) is 13.3 Å². The van der Waals surface area contributed by atoms with Gasteiger partial charge in [0.2, 0.25) is 0 Å². The van der Waals surface area contributed by atoms with E-state index in [1.807, 2.05) is 6.92 Å². The molecule has 0 amide bonds. The highest BCUT2D eigenvalue weighted by molar-refractivity contribution is 5.49. The summed E-state index contributed by atoms with van der Waals surface area (Å²) in [4.78, 5) is 9.32. The standard InChI is InChI=1S/C3H7NO.C3H8O/c4-2-1-3-5;1-3-4-2/h3H,1-2,4H2;3H2,1-2H3. The molecule has 0 spiro atoms. The Balaban J connectivity index is 0. The van der Waals surface area contributed by atoms with Crippen molar-refractivity contribution < 1.29 is 9.53 Å². The molecule has 0 rings (SSSR count). The number of aldehydes is 1. The first-order chi connectivity index (χ1) is 4.33. The van der Waals surface area contributed by atoms with Gasteiger partial charge in [0.1, 0.15) is 6.29 Å². The minimum absolute atomic E-state index is 0.476. The Bertz CT molecular complexity index is 46.3. The number of carbonyl (C=O) groups is 1. The zero-order valence-electron chi connectivity index (χ0n) is 6.09. The molecule has 3 nitrogen and oxygen atoms in total. The second-order valence-electron chi connectivity index (χ2n) is 1.32. The Labute approximate surface area is 56.2 Å². The van der Waals surface area contributed by atoms with Crippen LogP contribution in [0.4, 0.5) is 0 Å². The SMILES string of the molecule is CCOC.NCCC=O. The van der Waals surface area contributed by atoms with Gasteiger partial charge in [-0.05, 0) is 13.5 Å². The number of carbonyl (C=O) groups excluding carboxylic acids is 1. The topological polar surface area (TPSA) is 52.3 Å². The van der Waals surface area contributed by atoms with Crippen LogP contribution in [0.2, 0.25) is 0 Å². The van der Waals surface area contributed by atoms with Crippen LogP contribution in [0.1, 0.15) is 13.3 Å². The molecule has 0 unspecified atom stereocenters. The maximum Gasteiger partial charge on any atom is 0.121 e. The quantitative estimate of drug-likeness (QED) is 0.559. The molecule has 9 heavy (non-hydrogen) atoms. The van der Waals surface area contributed by atoms with Crippen molar-refractivity contribution in [2.75, 3.05) is 20.3 Å². The van der Waals surface area contributed by atoms with E-state index in [1.54, 1.807) is 7.11 Å². The Morgan fingerprint density at radius 1 is 1.67 bits per heavy atom. The Hall–Kier alpha value is -0.410. The lowest BCUT2D eigenvalue weighted by Gasteiger charge is -1.76. The van der Waals surface area contributed by atoms with Crippen LogP contribution in [0, 0.1) is 0 Å². The van der Waals surface area contributed by atoms with E-state index in [1.165, 1.54) is 0 Å². The molecule has 2 N–H and O–H groups in total. The summed E-state index contributed by atoms with van der Waals surface area (Å²) in [6.07, 6.45) is 1.29. The molecule has 0 heterocycles. The summed E-state index contributed by atoms with van der Waals surface area (Å²) in [5.74, 6) is 0. The van der Waals surface area contributed by atoms with Crippen molar-refractivity contribution in [2.24, 2.45) is 5.73 Å². The minimum atomic E-state index is 0.476. The van der Waals surface area contributed by atoms with Crippen molar-refractivity contribution >= 4 is 6.29 Å². The van der Waals surface area contributed by atoms with Crippen LogP contribution in [0.5, 0.6) is 0 Å². The number of rotatable bonds is 3.